The molecular formula is C16H11Cl3. The van der Waals surface area contributed by atoms with Gasteiger partial charge < -0.3 is 0 Å². The molecule has 0 unspecified atom stereocenters. The Bertz CT molecular complexity index is 592. The summed E-state index contributed by atoms with van der Waals surface area (Å²) < 4.78 is 0. The first-order valence-corrected chi connectivity index (χ1v) is 6.85. The van der Waals surface area contributed by atoms with E-state index in [9.17, 15) is 0 Å². The van der Waals surface area contributed by atoms with Gasteiger partial charge in [0.25, 0.3) is 0 Å². The Hall–Kier alpha value is -1.21. The molecule has 0 saturated heterocycles. The quantitative estimate of drug-likeness (QED) is 0.416. The van der Waals surface area contributed by atoms with Gasteiger partial charge in [0.2, 0.25) is 0 Å². The predicted octanol–water partition coefficient (Wildman–Crippen LogP) is 6.49. The predicted molar refractivity (Wildman–Crippen MR) is 85.4 cm³/mol. The maximum atomic E-state index is 5.61. The molecule has 96 valence electrons. The van der Waals surface area contributed by atoms with Crippen molar-refractivity contribution in [3.05, 3.63) is 81.8 Å². The molecule has 0 spiro atoms. The Labute approximate surface area is 127 Å². The summed E-state index contributed by atoms with van der Waals surface area (Å²) in [5, 5.41) is 4.02. The highest BCUT2D eigenvalue weighted by Gasteiger charge is 1.98. The van der Waals surface area contributed by atoms with Crippen LogP contribution in [0.1, 0.15) is 0 Å². The molecule has 3 rings (SSSR count). The lowest BCUT2D eigenvalue weighted by Crippen LogP contribution is -1.67. The van der Waals surface area contributed by atoms with Crippen molar-refractivity contribution in [3.63, 3.8) is 0 Å². The number of rotatable bonds is 0. The van der Waals surface area contributed by atoms with Crippen molar-refractivity contribution < 1.29 is 0 Å². The maximum absolute atomic E-state index is 5.61. The number of halogens is 3. The van der Waals surface area contributed by atoms with Gasteiger partial charge in [-0.05, 0) is 22.9 Å². The van der Waals surface area contributed by atoms with Crippen molar-refractivity contribution in [2.45, 2.75) is 0 Å². The first kappa shape index (κ1) is 14.2. The summed E-state index contributed by atoms with van der Waals surface area (Å²) in [5.74, 6) is 0. The van der Waals surface area contributed by atoms with Gasteiger partial charge in [0, 0.05) is 0 Å². The third-order valence-electron chi connectivity index (χ3n) is 2.56. The Morgan fingerprint density at radius 1 is 0.474 bits per heavy atom. The molecule has 0 aliphatic rings. The Morgan fingerprint density at radius 3 is 1.16 bits per heavy atom. The summed E-state index contributed by atoms with van der Waals surface area (Å²) in [5.41, 5.74) is 0. The first-order chi connectivity index (χ1) is 9.18. The summed E-state index contributed by atoms with van der Waals surface area (Å²) in [4.78, 5) is 0. The van der Waals surface area contributed by atoms with Crippen LogP contribution < -0.4 is 0 Å². The minimum absolute atomic E-state index is 0.417. The molecule has 3 aromatic carbocycles. The van der Waals surface area contributed by atoms with E-state index >= 15 is 0 Å². The number of hydrogen-bond acceptors (Lipinski definition) is 0. The van der Waals surface area contributed by atoms with Crippen molar-refractivity contribution in [2.24, 2.45) is 0 Å². The monoisotopic (exact) mass is 308 g/mol. The van der Waals surface area contributed by atoms with Gasteiger partial charge in [-0.1, -0.05) is 89.4 Å². The van der Waals surface area contributed by atoms with E-state index in [2.05, 4.69) is 48.5 Å². The fourth-order valence-corrected chi connectivity index (χ4v) is 2.13. The van der Waals surface area contributed by atoms with E-state index in [0.29, 0.717) is 15.1 Å². The van der Waals surface area contributed by atoms with Crippen molar-refractivity contribution in [1.29, 1.82) is 0 Å². The highest BCUT2D eigenvalue weighted by molar-refractivity contribution is 6.47. The van der Waals surface area contributed by atoms with Gasteiger partial charge in [-0.25, -0.2) is 0 Å². The molecule has 0 bridgehead atoms. The van der Waals surface area contributed by atoms with E-state index in [-0.39, 0.29) is 0 Å². The van der Waals surface area contributed by atoms with Crippen molar-refractivity contribution in [3.8, 4) is 0 Å². The molecule has 0 N–H and O–H groups in total. The average Bonchev–Trinajstić information content (AvgIpc) is 2.45. The summed E-state index contributed by atoms with van der Waals surface area (Å²) in [6.45, 7) is 0. The molecule has 0 aromatic heterocycles. The second-order valence-corrected chi connectivity index (χ2v) is 5.08. The lowest BCUT2D eigenvalue weighted by Gasteiger charge is -1.94. The van der Waals surface area contributed by atoms with Gasteiger partial charge in [0.15, 0.2) is 0 Å². The fourth-order valence-electron chi connectivity index (χ4n) is 1.61. The molecular weight excluding hydrogens is 299 g/mol. The molecule has 0 fully saturated rings. The molecule has 0 saturated carbocycles. The van der Waals surface area contributed by atoms with Gasteiger partial charge in [0.1, 0.15) is 0 Å². The van der Waals surface area contributed by atoms with Crippen LogP contribution >= 0.6 is 34.8 Å². The van der Waals surface area contributed by atoms with E-state index in [0.717, 1.165) is 0 Å². The van der Waals surface area contributed by atoms with Crippen LogP contribution in [0.5, 0.6) is 0 Å². The van der Waals surface area contributed by atoms with Crippen LogP contribution in [0.3, 0.4) is 0 Å². The number of hydrogen-bond donors (Lipinski definition) is 0. The summed E-state index contributed by atoms with van der Waals surface area (Å²) >= 11 is 16.8. The SMILES string of the molecule is Clc1cccc(Cl)c1Cl.c1ccc2ccccc2c1. The smallest absolute Gasteiger partial charge is 0.0778 e. The van der Waals surface area contributed by atoms with Crippen LogP contribution in [0.15, 0.2) is 66.7 Å². The molecule has 0 heterocycles. The zero-order valence-electron chi connectivity index (χ0n) is 9.98. The third kappa shape index (κ3) is 3.87. The summed E-state index contributed by atoms with van der Waals surface area (Å²) in [6, 6.07) is 21.8. The molecule has 3 heteroatoms. The van der Waals surface area contributed by atoms with Gasteiger partial charge >= 0.3 is 0 Å². The van der Waals surface area contributed by atoms with E-state index in [1.165, 1.54) is 10.8 Å². The minimum Gasteiger partial charge on any atom is -0.0827 e. The van der Waals surface area contributed by atoms with Gasteiger partial charge in [-0.15, -0.1) is 0 Å². The minimum atomic E-state index is 0.417. The van der Waals surface area contributed by atoms with E-state index in [1.807, 2.05) is 0 Å². The topological polar surface area (TPSA) is 0 Å². The van der Waals surface area contributed by atoms with E-state index in [1.54, 1.807) is 18.2 Å². The molecule has 0 aliphatic heterocycles. The summed E-state index contributed by atoms with van der Waals surface area (Å²) in [6.07, 6.45) is 0. The zero-order chi connectivity index (χ0) is 13.7. The zero-order valence-corrected chi connectivity index (χ0v) is 12.3. The maximum Gasteiger partial charge on any atom is 0.0778 e. The normalized spacial score (nSPS) is 9.84. The molecule has 0 amide bonds. The Kier molecular flexibility index (Phi) is 5.09. The van der Waals surface area contributed by atoms with E-state index in [4.69, 9.17) is 34.8 Å². The van der Waals surface area contributed by atoms with Crippen LogP contribution in [0.25, 0.3) is 10.8 Å². The fraction of sp³-hybridized carbons (Fsp3) is 0. The van der Waals surface area contributed by atoms with Crippen LogP contribution in [0.4, 0.5) is 0 Å². The second kappa shape index (κ2) is 6.81. The third-order valence-corrected chi connectivity index (χ3v) is 3.79. The molecule has 0 atom stereocenters. The van der Waals surface area contributed by atoms with Crippen LogP contribution in [0, 0.1) is 0 Å². The number of benzene rings is 3. The lowest BCUT2D eigenvalue weighted by atomic mass is 10.1. The van der Waals surface area contributed by atoms with Crippen LogP contribution in [0.2, 0.25) is 15.1 Å². The molecule has 3 aromatic rings. The standard InChI is InChI=1S/C10H8.C6H3Cl3/c1-2-6-10-8-4-3-7-9(10)5-1;7-4-2-1-3-5(8)6(4)9/h1-8H;1-3H. The first-order valence-electron chi connectivity index (χ1n) is 5.72. The molecule has 0 aliphatic carbocycles. The number of fused-ring (bicyclic) bond motifs is 1. The Balaban J connectivity index is 0.000000141. The second-order valence-electron chi connectivity index (χ2n) is 3.88. The van der Waals surface area contributed by atoms with Crippen LogP contribution in [-0.4, -0.2) is 0 Å². The van der Waals surface area contributed by atoms with Gasteiger partial charge in [-0.2, -0.15) is 0 Å². The largest absolute Gasteiger partial charge is 0.0827 e. The van der Waals surface area contributed by atoms with E-state index < -0.39 is 0 Å². The molecule has 0 nitrogen and oxygen atoms in total. The van der Waals surface area contributed by atoms with Gasteiger partial charge in [0.05, 0.1) is 15.1 Å². The van der Waals surface area contributed by atoms with Crippen molar-refractivity contribution in [1.82, 2.24) is 0 Å². The molecule has 19 heavy (non-hydrogen) atoms. The van der Waals surface area contributed by atoms with Gasteiger partial charge in [-0.3, -0.25) is 0 Å². The van der Waals surface area contributed by atoms with Crippen molar-refractivity contribution >= 4 is 45.6 Å². The van der Waals surface area contributed by atoms with Crippen LogP contribution in [-0.2, 0) is 0 Å². The molecule has 0 radical (unpaired) electrons. The Morgan fingerprint density at radius 2 is 0.842 bits per heavy atom. The van der Waals surface area contributed by atoms with Crippen molar-refractivity contribution in [2.75, 3.05) is 0 Å². The highest BCUT2D eigenvalue weighted by atomic mass is 35.5. The summed E-state index contributed by atoms with van der Waals surface area (Å²) in [7, 11) is 0. The lowest BCUT2D eigenvalue weighted by molar-refractivity contribution is 1.70. The average molecular weight is 310 g/mol. The highest BCUT2D eigenvalue weighted by Crippen LogP contribution is 2.28.